The van der Waals surface area contributed by atoms with E-state index in [0.29, 0.717) is 6.61 Å². The zero-order valence-electron chi connectivity index (χ0n) is 4.85. The van der Waals surface area contributed by atoms with Crippen LogP contribution in [0, 0.1) is 0 Å². The van der Waals surface area contributed by atoms with Crippen LogP contribution >= 0.6 is 0 Å². The van der Waals surface area contributed by atoms with Crippen molar-refractivity contribution in [1.29, 1.82) is 0 Å². The van der Waals surface area contributed by atoms with Crippen LogP contribution in [-0.2, 0) is 4.74 Å². The lowest BCUT2D eigenvalue weighted by Gasteiger charge is -2.02. The van der Waals surface area contributed by atoms with Crippen LogP contribution in [0.2, 0.25) is 0 Å². The van der Waals surface area contributed by atoms with E-state index in [1.165, 1.54) is 0 Å². The van der Waals surface area contributed by atoms with Crippen LogP contribution in [0.25, 0.3) is 0 Å². The first-order valence-corrected chi connectivity index (χ1v) is 2.50. The molecule has 0 aliphatic heterocycles. The van der Waals surface area contributed by atoms with Gasteiger partial charge in [-0.15, -0.1) is 0 Å². The predicted octanol–water partition coefficient (Wildman–Crippen LogP) is -0.780. The molecular formula is C5H15BO2. The summed E-state index contributed by atoms with van der Waals surface area (Å²) in [5, 5.41) is 8.19. The molecule has 0 unspecified atom stereocenters. The molecule has 0 aromatic carbocycles. The minimum atomic E-state index is 0. The molecule has 0 aliphatic rings. The molecule has 0 amide bonds. The Kier molecular flexibility index (Phi) is 9.50. The largest absolute Gasteiger partial charge is 0.394 e. The van der Waals surface area contributed by atoms with E-state index in [1.807, 2.05) is 13.8 Å². The van der Waals surface area contributed by atoms with Crippen LogP contribution in [-0.4, -0.2) is 32.8 Å². The SMILES string of the molecule is B.CC(C)OCCO. The Labute approximate surface area is 52.4 Å². The second-order valence-electron chi connectivity index (χ2n) is 1.64. The van der Waals surface area contributed by atoms with E-state index >= 15 is 0 Å². The molecule has 0 saturated carbocycles. The summed E-state index contributed by atoms with van der Waals surface area (Å²) in [6.07, 6.45) is 0.243. The first-order chi connectivity index (χ1) is 3.27. The van der Waals surface area contributed by atoms with Crippen LogP contribution in [0.4, 0.5) is 0 Å². The highest BCUT2D eigenvalue weighted by Crippen LogP contribution is 1.83. The van der Waals surface area contributed by atoms with Crippen molar-refractivity contribution >= 4 is 8.41 Å². The lowest BCUT2D eigenvalue weighted by atomic mass is 10.5. The summed E-state index contributed by atoms with van der Waals surface area (Å²) in [7, 11) is 0. The third-order valence-corrected chi connectivity index (χ3v) is 0.542. The van der Waals surface area contributed by atoms with Gasteiger partial charge in [-0.3, -0.25) is 0 Å². The summed E-state index contributed by atoms with van der Waals surface area (Å²) < 4.78 is 4.94. The molecular weight excluding hydrogens is 103 g/mol. The van der Waals surface area contributed by atoms with E-state index in [4.69, 9.17) is 9.84 Å². The zero-order valence-corrected chi connectivity index (χ0v) is 4.85. The number of hydrogen-bond acceptors (Lipinski definition) is 2. The number of aliphatic hydroxyl groups is 1. The molecule has 0 saturated heterocycles. The molecule has 0 rings (SSSR count). The highest BCUT2D eigenvalue weighted by Gasteiger charge is 1.87. The second kappa shape index (κ2) is 6.98. The van der Waals surface area contributed by atoms with Gasteiger partial charge in [-0.25, -0.2) is 0 Å². The van der Waals surface area contributed by atoms with Crippen molar-refractivity contribution in [3.8, 4) is 0 Å². The normalized spacial score (nSPS) is 9.00. The Hall–Kier alpha value is -0.0151. The highest BCUT2D eigenvalue weighted by molar-refractivity contribution is 5.75. The van der Waals surface area contributed by atoms with E-state index < -0.39 is 0 Å². The third kappa shape index (κ3) is 9.37. The van der Waals surface area contributed by atoms with Crippen LogP contribution < -0.4 is 0 Å². The van der Waals surface area contributed by atoms with Crippen molar-refractivity contribution in [2.24, 2.45) is 0 Å². The van der Waals surface area contributed by atoms with Gasteiger partial charge in [-0.1, -0.05) is 0 Å². The summed E-state index contributed by atoms with van der Waals surface area (Å²) in [6.45, 7) is 4.46. The molecule has 0 aliphatic carbocycles. The minimum Gasteiger partial charge on any atom is -0.394 e. The van der Waals surface area contributed by atoms with E-state index in [1.54, 1.807) is 0 Å². The standard InChI is InChI=1S/C5H12O2.BH3/c1-5(2)7-4-3-6;/h5-6H,3-4H2,1-2H3;1H3. The first kappa shape index (κ1) is 10.9. The lowest BCUT2D eigenvalue weighted by molar-refractivity contribution is 0.0494. The summed E-state index contributed by atoms with van der Waals surface area (Å²) in [4.78, 5) is 0. The van der Waals surface area contributed by atoms with Crippen molar-refractivity contribution in [2.75, 3.05) is 13.2 Å². The van der Waals surface area contributed by atoms with Gasteiger partial charge >= 0.3 is 0 Å². The zero-order chi connectivity index (χ0) is 5.70. The van der Waals surface area contributed by atoms with Crippen LogP contribution in [0.15, 0.2) is 0 Å². The Morgan fingerprint density at radius 2 is 2.00 bits per heavy atom. The average Bonchev–Trinajstić information content (AvgIpc) is 1.61. The quantitative estimate of drug-likeness (QED) is 0.492. The average molecular weight is 118 g/mol. The van der Waals surface area contributed by atoms with Gasteiger partial charge < -0.3 is 9.84 Å². The smallest absolute Gasteiger partial charge is 0.0814 e. The molecule has 2 nitrogen and oxygen atoms in total. The molecule has 1 N–H and O–H groups in total. The van der Waals surface area contributed by atoms with Gasteiger partial charge in [-0.2, -0.15) is 0 Å². The lowest BCUT2D eigenvalue weighted by Crippen LogP contribution is -2.06. The summed E-state index contributed by atoms with van der Waals surface area (Å²) in [6, 6.07) is 0. The minimum absolute atomic E-state index is 0. The molecule has 50 valence electrons. The van der Waals surface area contributed by atoms with Crippen molar-refractivity contribution in [3.05, 3.63) is 0 Å². The van der Waals surface area contributed by atoms with Gasteiger partial charge in [-0.05, 0) is 13.8 Å². The van der Waals surface area contributed by atoms with E-state index in [0.717, 1.165) is 0 Å². The Bertz CT molecular complexity index is 39.4. The van der Waals surface area contributed by atoms with Gasteiger partial charge in [0.05, 0.1) is 27.7 Å². The van der Waals surface area contributed by atoms with Crippen LogP contribution in [0.3, 0.4) is 0 Å². The Balaban J connectivity index is 0. The Morgan fingerprint density at radius 3 is 2.12 bits per heavy atom. The van der Waals surface area contributed by atoms with Gasteiger partial charge in [0.2, 0.25) is 0 Å². The molecule has 0 radical (unpaired) electrons. The van der Waals surface area contributed by atoms with Gasteiger partial charge in [0, 0.05) is 0 Å². The van der Waals surface area contributed by atoms with Gasteiger partial charge in [0.1, 0.15) is 0 Å². The highest BCUT2D eigenvalue weighted by atomic mass is 16.5. The van der Waals surface area contributed by atoms with E-state index in [9.17, 15) is 0 Å². The maximum atomic E-state index is 8.19. The fourth-order valence-corrected chi connectivity index (χ4v) is 0.288. The van der Waals surface area contributed by atoms with E-state index in [2.05, 4.69) is 0 Å². The molecule has 0 bridgehead atoms. The first-order valence-electron chi connectivity index (χ1n) is 2.50. The van der Waals surface area contributed by atoms with Crippen molar-refractivity contribution in [2.45, 2.75) is 20.0 Å². The molecule has 8 heavy (non-hydrogen) atoms. The molecule has 0 aromatic heterocycles. The molecule has 0 heterocycles. The van der Waals surface area contributed by atoms with Crippen molar-refractivity contribution in [3.63, 3.8) is 0 Å². The maximum Gasteiger partial charge on any atom is 0.0814 e. The maximum absolute atomic E-state index is 8.19. The van der Waals surface area contributed by atoms with Crippen molar-refractivity contribution in [1.82, 2.24) is 0 Å². The fraction of sp³-hybridized carbons (Fsp3) is 1.00. The molecule has 0 fully saturated rings. The van der Waals surface area contributed by atoms with Gasteiger partial charge in [0.25, 0.3) is 0 Å². The fourth-order valence-electron chi connectivity index (χ4n) is 0.288. The van der Waals surface area contributed by atoms with E-state index in [-0.39, 0.29) is 21.1 Å². The van der Waals surface area contributed by atoms with Crippen LogP contribution in [0.5, 0.6) is 0 Å². The predicted molar refractivity (Wildman–Crippen MR) is 38.1 cm³/mol. The summed E-state index contributed by atoms with van der Waals surface area (Å²) in [5.74, 6) is 0. The van der Waals surface area contributed by atoms with Crippen LogP contribution in [0.1, 0.15) is 13.8 Å². The third-order valence-electron chi connectivity index (χ3n) is 0.542. The Morgan fingerprint density at radius 1 is 1.50 bits per heavy atom. The number of hydrogen-bond donors (Lipinski definition) is 1. The summed E-state index contributed by atoms with van der Waals surface area (Å²) >= 11 is 0. The monoisotopic (exact) mass is 118 g/mol. The second-order valence-corrected chi connectivity index (χ2v) is 1.64. The summed E-state index contributed by atoms with van der Waals surface area (Å²) in [5.41, 5.74) is 0. The number of ether oxygens (including phenoxy) is 1. The van der Waals surface area contributed by atoms with Crippen molar-refractivity contribution < 1.29 is 9.84 Å². The molecule has 3 heteroatoms. The number of rotatable bonds is 3. The molecule has 0 atom stereocenters. The number of aliphatic hydroxyl groups excluding tert-OH is 1. The molecule has 0 aromatic rings. The molecule has 0 spiro atoms. The van der Waals surface area contributed by atoms with Gasteiger partial charge in [0.15, 0.2) is 0 Å². The topological polar surface area (TPSA) is 29.5 Å².